The summed E-state index contributed by atoms with van der Waals surface area (Å²) in [6.07, 6.45) is 32.4. The molecule has 562 valence electrons. The number of piperidine rings is 3. The highest BCUT2D eigenvalue weighted by atomic mass is 35.5. The van der Waals surface area contributed by atoms with E-state index >= 15 is 0 Å². The third-order valence-electron chi connectivity index (χ3n) is 27.9. The van der Waals surface area contributed by atoms with Crippen LogP contribution in [-0.2, 0) is 16.6 Å². The highest BCUT2D eigenvalue weighted by Crippen LogP contribution is 2.55. The zero-order valence-electron chi connectivity index (χ0n) is 63.2. The van der Waals surface area contributed by atoms with Crippen LogP contribution in [-0.4, -0.2) is 238 Å². The molecule has 0 atom stereocenters. The molecule has 6 saturated carbocycles. The number of hydrogen-bond donors (Lipinski definition) is 1. The van der Waals surface area contributed by atoms with Crippen molar-refractivity contribution in [3.8, 4) is 0 Å². The van der Waals surface area contributed by atoms with Crippen molar-refractivity contribution < 1.29 is 14.4 Å². The molecule has 0 bridgehead atoms. The van der Waals surface area contributed by atoms with Gasteiger partial charge in [-0.15, -0.1) is 17.5 Å². The lowest BCUT2D eigenvalue weighted by atomic mass is 9.68. The zero-order chi connectivity index (χ0) is 71.1. The Balaban J connectivity index is 0.000000132. The van der Waals surface area contributed by atoms with Gasteiger partial charge in [0.05, 0.1) is 46.6 Å². The molecular formula is C83H118Cl2N16O3. The van der Waals surface area contributed by atoms with Crippen LogP contribution in [0.15, 0.2) is 122 Å². The summed E-state index contributed by atoms with van der Waals surface area (Å²) in [5.74, 6) is 2.15. The molecule has 21 heteroatoms. The van der Waals surface area contributed by atoms with Gasteiger partial charge in [0.25, 0.3) is 0 Å². The molecule has 0 unspecified atom stereocenters. The van der Waals surface area contributed by atoms with Crippen molar-refractivity contribution in [1.29, 1.82) is 0 Å². The first-order valence-electron chi connectivity index (χ1n) is 39.8. The number of carbonyl (C=O) groups excluding carboxylic acids is 3. The second kappa shape index (κ2) is 31.1. The Morgan fingerprint density at radius 3 is 1.05 bits per heavy atom. The van der Waals surface area contributed by atoms with Crippen LogP contribution in [0.3, 0.4) is 0 Å². The molecule has 3 aromatic carbocycles. The third kappa shape index (κ3) is 14.9. The first kappa shape index (κ1) is 74.5. The predicted octanol–water partition coefficient (Wildman–Crippen LogP) is 13.5. The van der Waals surface area contributed by atoms with E-state index in [1.165, 1.54) is 55.2 Å². The largest absolute Gasteiger partial charge is 0.370 e. The molecule has 1 N–H and O–H groups in total. The van der Waals surface area contributed by atoms with Gasteiger partial charge in [-0.2, -0.15) is 15.3 Å². The molecule has 6 aliphatic heterocycles. The third-order valence-corrected chi connectivity index (χ3v) is 28.1. The van der Waals surface area contributed by atoms with Gasteiger partial charge in [-0.1, -0.05) is 103 Å². The van der Waals surface area contributed by atoms with Crippen LogP contribution in [0.2, 0.25) is 5.15 Å². The summed E-state index contributed by atoms with van der Waals surface area (Å²) in [5.41, 5.74) is 6.58. The minimum atomic E-state index is -0.0341. The predicted molar refractivity (Wildman–Crippen MR) is 416 cm³/mol. The van der Waals surface area contributed by atoms with Crippen LogP contribution in [0.4, 0.5) is 25.8 Å². The van der Waals surface area contributed by atoms with Crippen LogP contribution in [0.5, 0.6) is 0 Å². The molecule has 104 heavy (non-hydrogen) atoms. The van der Waals surface area contributed by atoms with E-state index in [0.717, 1.165) is 211 Å². The van der Waals surface area contributed by atoms with E-state index in [1.807, 2.05) is 18.3 Å². The van der Waals surface area contributed by atoms with Gasteiger partial charge in [0.1, 0.15) is 0 Å². The number of urea groups is 3. The van der Waals surface area contributed by atoms with Crippen molar-refractivity contribution in [3.63, 3.8) is 0 Å². The summed E-state index contributed by atoms with van der Waals surface area (Å²) in [6, 6.07) is 39.0. The number of nitrogens with one attached hydrogen (secondary N) is 1. The lowest BCUT2D eigenvalue weighted by Crippen LogP contribution is -2.55. The number of anilines is 2. The number of benzene rings is 3. The lowest BCUT2D eigenvalue weighted by Gasteiger charge is -2.51. The Bertz CT molecular complexity index is 3650. The molecular weight excluding hydrogens is 1340 g/mol. The highest BCUT2D eigenvalue weighted by Gasteiger charge is 2.60. The van der Waals surface area contributed by atoms with Crippen molar-refractivity contribution in [3.05, 3.63) is 144 Å². The molecule has 17 rings (SSSR count). The summed E-state index contributed by atoms with van der Waals surface area (Å²) in [7, 11) is 13.4. The molecule has 3 spiro atoms. The van der Waals surface area contributed by atoms with Crippen molar-refractivity contribution in [2.75, 3.05) is 131 Å². The van der Waals surface area contributed by atoms with Gasteiger partial charge >= 0.3 is 18.1 Å². The Labute approximate surface area is 631 Å². The lowest BCUT2D eigenvalue weighted by molar-refractivity contribution is 0.0225. The molecule has 8 heterocycles. The van der Waals surface area contributed by atoms with Gasteiger partial charge < -0.3 is 44.5 Å². The summed E-state index contributed by atoms with van der Waals surface area (Å²) in [5, 5.41) is 19.7. The van der Waals surface area contributed by atoms with E-state index in [9.17, 15) is 14.4 Å². The van der Waals surface area contributed by atoms with E-state index in [-0.39, 0.29) is 51.7 Å². The molecule has 12 aliphatic rings. The number of hydrogen-bond acceptors (Lipinski definition) is 13. The number of rotatable bonds is 17. The van der Waals surface area contributed by atoms with Gasteiger partial charge in [-0.25, -0.2) is 14.4 Å². The Kier molecular flexibility index (Phi) is 22.3. The van der Waals surface area contributed by atoms with E-state index in [2.05, 4.69) is 213 Å². The normalized spacial score (nSPS) is 30.1. The maximum absolute atomic E-state index is 14.0. The molecule has 6 aliphatic carbocycles. The van der Waals surface area contributed by atoms with Gasteiger partial charge in [0.2, 0.25) is 0 Å². The van der Waals surface area contributed by atoms with Gasteiger partial charge in [0.15, 0.2) is 5.15 Å². The molecule has 2 aromatic heterocycles. The summed E-state index contributed by atoms with van der Waals surface area (Å²) < 4.78 is 0. The molecule has 12 fully saturated rings. The van der Waals surface area contributed by atoms with Crippen molar-refractivity contribution in [2.45, 2.75) is 205 Å². The highest BCUT2D eigenvalue weighted by molar-refractivity contribution is 6.29. The molecule has 6 amide bonds. The van der Waals surface area contributed by atoms with Crippen molar-refractivity contribution >= 4 is 53.5 Å². The Hall–Kier alpha value is -6.35. The minimum Gasteiger partial charge on any atom is -0.370 e. The Morgan fingerprint density at radius 1 is 0.413 bits per heavy atom. The molecule has 19 nitrogen and oxygen atoms in total. The maximum Gasteiger partial charge on any atom is 0.320 e. The average molecular weight is 1460 g/mol. The standard InChI is InChI=1S/C29H39ClN6O.C29H40N6O.C25H38N4O.ClH/c1-33(2)29(23-6-4-3-5-7-23)14-12-28(13-15-29)21-35(27(37)36(28)20-22-8-9-22)24-10-16-34(17-11-24)25-18-26(30)32-31-19-25;1-32(2)29(24-6-4-3-5-7-24)15-13-28(14-16-29)22-34(27(36)35(28)21-23-8-9-23)25-11-18-33(19-12-25)26-10-17-30-31-20-26;1-27(2)25(21-6-4-3-5-7-21)14-12-24(13-15-25)19-28(22-10-16-26-17-11-22)23(30)29(24)18-20-8-9-20;/h3-7,18-19,22,24H,8-17,20-21H2,1-2H3;3-7,10,17,20,23,25H,8-9,11-16,18-19,21-22H2,1-2H3;3-7,20,22,26H,8-19H2,1-2H3;1H. The number of halogens is 2. The second-order valence-electron chi connectivity index (χ2n) is 34.2. The van der Waals surface area contributed by atoms with Crippen LogP contribution in [0, 0.1) is 17.8 Å². The average Bonchev–Trinajstić information content (AvgIpc) is 1.55. The van der Waals surface area contributed by atoms with E-state index in [1.54, 1.807) is 12.4 Å². The Morgan fingerprint density at radius 2 is 0.740 bits per heavy atom. The summed E-state index contributed by atoms with van der Waals surface area (Å²) in [4.78, 5) is 67.4. The monoisotopic (exact) mass is 1460 g/mol. The van der Waals surface area contributed by atoms with Crippen molar-refractivity contribution in [2.24, 2.45) is 17.8 Å². The topological polar surface area (TPSA) is 150 Å². The van der Waals surface area contributed by atoms with Crippen LogP contribution in [0.25, 0.3) is 0 Å². The fourth-order valence-electron chi connectivity index (χ4n) is 20.7. The second-order valence-corrected chi connectivity index (χ2v) is 34.6. The van der Waals surface area contributed by atoms with Gasteiger partial charge in [0, 0.05) is 106 Å². The fraction of sp³-hybridized carbons (Fsp3) is 0.651. The molecule has 6 saturated heterocycles. The van der Waals surface area contributed by atoms with Crippen molar-refractivity contribution in [1.82, 2.24) is 69.8 Å². The zero-order valence-corrected chi connectivity index (χ0v) is 64.8. The SMILES string of the molecule is CN(C)C1(c2ccccc2)CCC2(CC1)CN(C1CCN(c3ccnnc3)CC1)C(=O)N2CC1CC1.CN(C)C1(c2ccccc2)CCC2(CC1)CN(C1CCN(c3cnnc(Cl)c3)CC1)C(=O)N2CC1CC1.CN(C)C1(c2ccccc2)CCC2(CC1)CN(C1CCNCC1)C(=O)N2CC1CC1.Cl. The van der Waals surface area contributed by atoms with Gasteiger partial charge in [-0.05, 0) is 250 Å². The quantitative estimate of drug-likeness (QED) is 0.0941. The summed E-state index contributed by atoms with van der Waals surface area (Å²) in [6.45, 7) is 11.4. The number of nitrogens with zero attached hydrogens (tertiary/aromatic N) is 15. The molecule has 0 radical (unpaired) electrons. The van der Waals surface area contributed by atoms with Crippen LogP contribution < -0.4 is 15.1 Å². The first-order valence-corrected chi connectivity index (χ1v) is 40.2. The fourth-order valence-corrected chi connectivity index (χ4v) is 20.8. The minimum absolute atomic E-state index is 0. The molecule has 5 aromatic rings. The first-order chi connectivity index (χ1) is 49.9. The van der Waals surface area contributed by atoms with E-state index in [4.69, 9.17) is 11.6 Å². The number of amides is 6. The van der Waals surface area contributed by atoms with E-state index in [0.29, 0.717) is 47.2 Å². The van der Waals surface area contributed by atoms with Crippen LogP contribution in [0.1, 0.15) is 171 Å². The van der Waals surface area contributed by atoms with Crippen LogP contribution >= 0.6 is 24.0 Å². The summed E-state index contributed by atoms with van der Waals surface area (Å²) >= 11 is 6.08. The number of carbonyl (C=O) groups is 3. The van der Waals surface area contributed by atoms with E-state index < -0.39 is 0 Å². The smallest absolute Gasteiger partial charge is 0.320 e. The van der Waals surface area contributed by atoms with Gasteiger partial charge in [-0.3, -0.25) is 14.7 Å². The maximum atomic E-state index is 14.0. The number of aromatic nitrogens is 4.